The number of fused-ring (bicyclic) bond motifs is 1. The van der Waals surface area contributed by atoms with Crippen molar-refractivity contribution in [3.8, 4) is 17.3 Å². The normalized spacial score (nSPS) is 10.8. The van der Waals surface area contributed by atoms with Gasteiger partial charge in [-0.25, -0.2) is 19.2 Å². The number of hydrogen-bond acceptors (Lipinski definition) is 4. The van der Waals surface area contributed by atoms with Crippen LogP contribution in [0.15, 0.2) is 30.5 Å². The number of nitrogens with one attached hydrogen (secondary N) is 1. The number of aromatic amines is 1. The molecule has 106 valence electrons. The van der Waals surface area contributed by atoms with Crippen LogP contribution in [0.5, 0.6) is 5.88 Å². The van der Waals surface area contributed by atoms with Crippen LogP contribution in [0.4, 0.5) is 4.39 Å². The summed E-state index contributed by atoms with van der Waals surface area (Å²) in [6.07, 6.45) is 1.56. The van der Waals surface area contributed by atoms with Crippen molar-refractivity contribution < 1.29 is 19.0 Å². The standard InChI is InChI=1S/C14H10FN3O3/c1-21-13-8(3-2-4-16-13)12-17-10-6-7(15)5-9(14(19)20)11(10)18-12/h2-6H,1H3,(H,17,18)(H,19,20). The predicted molar refractivity (Wildman–Crippen MR) is 72.8 cm³/mol. The lowest BCUT2D eigenvalue weighted by Crippen LogP contribution is -1.98. The summed E-state index contributed by atoms with van der Waals surface area (Å²) < 4.78 is 18.6. The molecule has 3 aromatic rings. The average Bonchev–Trinajstić information content (AvgIpc) is 2.89. The molecule has 1 aromatic carbocycles. The first-order valence-electron chi connectivity index (χ1n) is 6.02. The molecule has 2 heterocycles. The van der Waals surface area contributed by atoms with E-state index < -0.39 is 11.8 Å². The number of methoxy groups -OCH3 is 1. The number of benzene rings is 1. The third-order valence-electron chi connectivity index (χ3n) is 3.00. The van der Waals surface area contributed by atoms with Crippen LogP contribution >= 0.6 is 0 Å². The Bertz CT molecular complexity index is 845. The number of imidazole rings is 1. The van der Waals surface area contributed by atoms with E-state index in [1.807, 2.05) is 0 Å². The Kier molecular flexibility index (Phi) is 3.02. The highest BCUT2D eigenvalue weighted by atomic mass is 19.1. The van der Waals surface area contributed by atoms with Gasteiger partial charge in [0, 0.05) is 6.20 Å². The molecule has 0 atom stereocenters. The van der Waals surface area contributed by atoms with Crippen molar-refractivity contribution in [2.45, 2.75) is 0 Å². The Morgan fingerprint density at radius 1 is 1.43 bits per heavy atom. The number of nitrogens with zero attached hydrogens (tertiary/aromatic N) is 2. The molecule has 7 heteroatoms. The maximum Gasteiger partial charge on any atom is 0.338 e. The zero-order chi connectivity index (χ0) is 15.0. The molecule has 3 rings (SSSR count). The topological polar surface area (TPSA) is 88.1 Å². The summed E-state index contributed by atoms with van der Waals surface area (Å²) in [4.78, 5) is 22.3. The van der Waals surface area contributed by atoms with Gasteiger partial charge in [0.1, 0.15) is 17.2 Å². The minimum absolute atomic E-state index is 0.185. The Hall–Kier alpha value is -2.96. The minimum atomic E-state index is -1.24. The van der Waals surface area contributed by atoms with Crippen molar-refractivity contribution in [2.75, 3.05) is 7.11 Å². The van der Waals surface area contributed by atoms with E-state index in [2.05, 4.69) is 15.0 Å². The van der Waals surface area contributed by atoms with Gasteiger partial charge in [-0.3, -0.25) is 0 Å². The van der Waals surface area contributed by atoms with Crippen LogP contribution in [-0.4, -0.2) is 33.1 Å². The molecule has 0 radical (unpaired) electrons. The Morgan fingerprint density at radius 2 is 2.24 bits per heavy atom. The number of carbonyl (C=O) groups is 1. The number of aromatic carboxylic acids is 1. The fraction of sp³-hybridized carbons (Fsp3) is 0.0714. The van der Waals surface area contributed by atoms with E-state index in [1.165, 1.54) is 13.2 Å². The molecule has 21 heavy (non-hydrogen) atoms. The van der Waals surface area contributed by atoms with Crippen LogP contribution in [0, 0.1) is 5.82 Å². The maximum absolute atomic E-state index is 13.5. The van der Waals surface area contributed by atoms with E-state index in [4.69, 9.17) is 9.84 Å². The second kappa shape index (κ2) is 4.86. The lowest BCUT2D eigenvalue weighted by Gasteiger charge is -2.03. The highest BCUT2D eigenvalue weighted by Gasteiger charge is 2.17. The van der Waals surface area contributed by atoms with Gasteiger partial charge < -0.3 is 14.8 Å². The molecule has 0 saturated heterocycles. The molecule has 2 aromatic heterocycles. The van der Waals surface area contributed by atoms with Crippen LogP contribution in [0.25, 0.3) is 22.4 Å². The quantitative estimate of drug-likeness (QED) is 0.772. The first-order valence-corrected chi connectivity index (χ1v) is 6.02. The van der Waals surface area contributed by atoms with Crippen molar-refractivity contribution in [2.24, 2.45) is 0 Å². The lowest BCUT2D eigenvalue weighted by atomic mass is 10.2. The zero-order valence-electron chi connectivity index (χ0n) is 10.9. The van der Waals surface area contributed by atoms with Crippen LogP contribution in [0.1, 0.15) is 10.4 Å². The SMILES string of the molecule is COc1ncccc1-c1nc2c(C(=O)O)cc(F)cc2[nH]1. The number of H-pyrrole nitrogens is 1. The van der Waals surface area contributed by atoms with Crippen molar-refractivity contribution >= 4 is 17.0 Å². The van der Waals surface area contributed by atoms with Crippen LogP contribution in [-0.2, 0) is 0 Å². The zero-order valence-corrected chi connectivity index (χ0v) is 10.9. The van der Waals surface area contributed by atoms with E-state index in [0.29, 0.717) is 22.8 Å². The van der Waals surface area contributed by atoms with E-state index in [-0.39, 0.29) is 11.1 Å². The second-order valence-electron chi connectivity index (χ2n) is 4.30. The lowest BCUT2D eigenvalue weighted by molar-refractivity contribution is 0.0698. The van der Waals surface area contributed by atoms with Gasteiger partial charge in [0.2, 0.25) is 5.88 Å². The fourth-order valence-electron chi connectivity index (χ4n) is 2.11. The van der Waals surface area contributed by atoms with Gasteiger partial charge >= 0.3 is 5.97 Å². The number of aromatic nitrogens is 3. The van der Waals surface area contributed by atoms with Crippen molar-refractivity contribution in [1.29, 1.82) is 0 Å². The number of pyridine rings is 1. The first-order chi connectivity index (χ1) is 10.1. The predicted octanol–water partition coefficient (Wildman–Crippen LogP) is 2.47. The van der Waals surface area contributed by atoms with Gasteiger partial charge in [0.15, 0.2) is 0 Å². The van der Waals surface area contributed by atoms with Gasteiger partial charge in [-0.1, -0.05) is 0 Å². The van der Waals surface area contributed by atoms with Crippen LogP contribution in [0.3, 0.4) is 0 Å². The number of halogens is 1. The number of rotatable bonds is 3. The molecule has 0 spiro atoms. The minimum Gasteiger partial charge on any atom is -0.480 e. The number of ether oxygens (including phenoxy) is 1. The van der Waals surface area contributed by atoms with Gasteiger partial charge in [0.05, 0.1) is 23.8 Å². The molecule has 0 amide bonds. The highest BCUT2D eigenvalue weighted by molar-refractivity contribution is 6.01. The molecule has 0 aliphatic heterocycles. The molecule has 0 saturated carbocycles. The Morgan fingerprint density at radius 3 is 2.95 bits per heavy atom. The summed E-state index contributed by atoms with van der Waals surface area (Å²) >= 11 is 0. The summed E-state index contributed by atoms with van der Waals surface area (Å²) in [5.41, 5.74) is 0.849. The summed E-state index contributed by atoms with van der Waals surface area (Å²) in [6.45, 7) is 0. The summed E-state index contributed by atoms with van der Waals surface area (Å²) in [6, 6.07) is 5.56. The molecule has 0 fully saturated rings. The molecule has 0 aliphatic rings. The summed E-state index contributed by atoms with van der Waals surface area (Å²) in [5.74, 6) is -1.18. The number of carboxylic acids is 1. The summed E-state index contributed by atoms with van der Waals surface area (Å²) in [5, 5.41) is 9.13. The van der Waals surface area contributed by atoms with Crippen molar-refractivity contribution in [3.63, 3.8) is 0 Å². The van der Waals surface area contributed by atoms with E-state index in [9.17, 15) is 9.18 Å². The van der Waals surface area contributed by atoms with Gasteiger partial charge in [0.25, 0.3) is 0 Å². The summed E-state index contributed by atoms with van der Waals surface area (Å²) in [7, 11) is 1.47. The average molecular weight is 287 g/mol. The number of hydrogen-bond donors (Lipinski definition) is 2. The molecule has 2 N–H and O–H groups in total. The molecule has 0 bridgehead atoms. The van der Waals surface area contributed by atoms with Crippen LogP contribution < -0.4 is 4.74 Å². The van der Waals surface area contributed by atoms with Crippen molar-refractivity contribution in [3.05, 3.63) is 41.8 Å². The van der Waals surface area contributed by atoms with E-state index in [0.717, 1.165) is 6.07 Å². The maximum atomic E-state index is 13.5. The van der Waals surface area contributed by atoms with Crippen LogP contribution in [0.2, 0.25) is 0 Å². The van der Waals surface area contributed by atoms with E-state index >= 15 is 0 Å². The smallest absolute Gasteiger partial charge is 0.338 e. The molecule has 0 aliphatic carbocycles. The Labute approximate surface area is 118 Å². The molecule has 6 nitrogen and oxygen atoms in total. The van der Waals surface area contributed by atoms with Crippen molar-refractivity contribution in [1.82, 2.24) is 15.0 Å². The fourth-order valence-corrected chi connectivity index (χ4v) is 2.11. The highest BCUT2D eigenvalue weighted by Crippen LogP contribution is 2.28. The number of carboxylic acid groups (broad SMARTS) is 1. The molecular formula is C14H10FN3O3. The first kappa shape index (κ1) is 13.0. The second-order valence-corrected chi connectivity index (χ2v) is 4.30. The monoisotopic (exact) mass is 287 g/mol. The largest absolute Gasteiger partial charge is 0.480 e. The van der Waals surface area contributed by atoms with Gasteiger partial charge in [-0.15, -0.1) is 0 Å². The van der Waals surface area contributed by atoms with E-state index in [1.54, 1.807) is 18.3 Å². The Balaban J connectivity index is 2.26. The third kappa shape index (κ3) is 2.18. The van der Waals surface area contributed by atoms with Gasteiger partial charge in [-0.2, -0.15) is 0 Å². The third-order valence-corrected chi connectivity index (χ3v) is 3.00. The van der Waals surface area contributed by atoms with Gasteiger partial charge in [-0.05, 0) is 24.3 Å². The molecule has 0 unspecified atom stereocenters. The molecular weight excluding hydrogens is 277 g/mol.